The van der Waals surface area contributed by atoms with Gasteiger partial charge in [-0.25, -0.2) is 4.98 Å². The Balaban J connectivity index is 2.33. The Bertz CT molecular complexity index is 381. The summed E-state index contributed by atoms with van der Waals surface area (Å²) in [6, 6.07) is 3.94. The Morgan fingerprint density at radius 2 is 2.47 bits per heavy atom. The van der Waals surface area contributed by atoms with Gasteiger partial charge in [0.1, 0.15) is 5.82 Å². The van der Waals surface area contributed by atoms with E-state index in [1.54, 1.807) is 11.1 Å². The van der Waals surface area contributed by atoms with Gasteiger partial charge in [-0.15, -0.1) is 0 Å². The highest BCUT2D eigenvalue weighted by molar-refractivity contribution is 9.09. The van der Waals surface area contributed by atoms with Gasteiger partial charge in [0.05, 0.1) is 0 Å². The molecular weight excluding hydrogens is 256 g/mol. The van der Waals surface area contributed by atoms with Crippen molar-refractivity contribution >= 4 is 27.7 Å². The van der Waals surface area contributed by atoms with Crippen molar-refractivity contribution in [2.45, 2.75) is 24.6 Å². The summed E-state index contributed by atoms with van der Waals surface area (Å²) in [7, 11) is 0. The van der Waals surface area contributed by atoms with Gasteiger partial charge < -0.3 is 0 Å². The van der Waals surface area contributed by atoms with Crippen molar-refractivity contribution in [3.8, 4) is 0 Å². The summed E-state index contributed by atoms with van der Waals surface area (Å²) in [5, 5.41) is 0. The Morgan fingerprint density at radius 3 is 3.07 bits per heavy atom. The van der Waals surface area contributed by atoms with Crippen LogP contribution in [0.25, 0.3) is 0 Å². The Labute approximate surface area is 97.6 Å². The highest BCUT2D eigenvalue weighted by atomic mass is 79.9. The standard InChI is InChI=1S/C11H13BrN2O/c1-2-8-4-3-5-13-11(8)14-7-9(12)6-10(14)15/h3-5,9H,2,6-7H2,1H3. The third-order valence-corrected chi connectivity index (χ3v) is 3.20. The molecule has 0 aliphatic carbocycles. The number of hydrogen-bond acceptors (Lipinski definition) is 2. The van der Waals surface area contributed by atoms with Crippen LogP contribution in [0.2, 0.25) is 0 Å². The smallest absolute Gasteiger partial charge is 0.229 e. The highest BCUT2D eigenvalue weighted by Gasteiger charge is 2.30. The van der Waals surface area contributed by atoms with Crippen molar-refractivity contribution in [1.82, 2.24) is 4.98 Å². The highest BCUT2D eigenvalue weighted by Crippen LogP contribution is 2.26. The van der Waals surface area contributed by atoms with Crippen LogP contribution in [0.15, 0.2) is 18.3 Å². The van der Waals surface area contributed by atoms with Crippen LogP contribution < -0.4 is 4.90 Å². The van der Waals surface area contributed by atoms with Crippen molar-refractivity contribution in [3.05, 3.63) is 23.9 Å². The van der Waals surface area contributed by atoms with Crippen LogP contribution >= 0.6 is 15.9 Å². The molecule has 2 rings (SSSR count). The summed E-state index contributed by atoms with van der Waals surface area (Å²) < 4.78 is 0. The van der Waals surface area contributed by atoms with E-state index in [-0.39, 0.29) is 10.7 Å². The third-order valence-electron chi connectivity index (χ3n) is 2.58. The minimum absolute atomic E-state index is 0.158. The monoisotopic (exact) mass is 268 g/mol. The number of aryl methyl sites for hydroxylation is 1. The molecule has 1 aliphatic rings. The molecular formula is C11H13BrN2O. The number of hydrogen-bond donors (Lipinski definition) is 0. The van der Waals surface area contributed by atoms with E-state index in [1.165, 1.54) is 0 Å². The molecule has 1 aliphatic heterocycles. The molecule has 1 amide bonds. The lowest BCUT2D eigenvalue weighted by molar-refractivity contribution is -0.117. The van der Waals surface area contributed by atoms with Crippen LogP contribution in [-0.2, 0) is 11.2 Å². The fourth-order valence-corrected chi connectivity index (χ4v) is 2.38. The zero-order valence-electron chi connectivity index (χ0n) is 8.61. The van der Waals surface area contributed by atoms with Gasteiger partial charge in [0.2, 0.25) is 5.91 Å². The summed E-state index contributed by atoms with van der Waals surface area (Å²) in [6.45, 7) is 2.80. The molecule has 0 N–H and O–H groups in total. The van der Waals surface area contributed by atoms with Crippen molar-refractivity contribution in [3.63, 3.8) is 0 Å². The fraction of sp³-hybridized carbons (Fsp3) is 0.455. The van der Waals surface area contributed by atoms with E-state index in [1.807, 2.05) is 12.1 Å². The number of anilines is 1. The van der Waals surface area contributed by atoms with Crippen molar-refractivity contribution in [1.29, 1.82) is 0 Å². The second-order valence-electron chi connectivity index (χ2n) is 3.65. The normalized spacial score (nSPS) is 21.1. The molecule has 15 heavy (non-hydrogen) atoms. The van der Waals surface area contributed by atoms with E-state index in [0.29, 0.717) is 6.42 Å². The van der Waals surface area contributed by atoms with E-state index in [0.717, 1.165) is 24.3 Å². The van der Waals surface area contributed by atoms with Gasteiger partial charge in [-0.2, -0.15) is 0 Å². The zero-order chi connectivity index (χ0) is 10.8. The molecule has 2 heterocycles. The quantitative estimate of drug-likeness (QED) is 0.771. The minimum Gasteiger partial charge on any atom is -0.295 e. The van der Waals surface area contributed by atoms with Crippen LogP contribution in [0.5, 0.6) is 0 Å². The molecule has 3 nitrogen and oxygen atoms in total. The van der Waals surface area contributed by atoms with Gasteiger partial charge in [-0.3, -0.25) is 9.69 Å². The van der Waals surface area contributed by atoms with Gasteiger partial charge in [-0.05, 0) is 18.1 Å². The van der Waals surface area contributed by atoms with Crippen LogP contribution in [0, 0.1) is 0 Å². The summed E-state index contributed by atoms with van der Waals surface area (Å²) in [6.07, 6.45) is 3.21. The Hall–Kier alpha value is -0.900. The van der Waals surface area contributed by atoms with Crippen molar-refractivity contribution in [2.75, 3.05) is 11.4 Å². The number of rotatable bonds is 2. The SMILES string of the molecule is CCc1cccnc1N1CC(Br)CC1=O. The Morgan fingerprint density at radius 1 is 1.67 bits per heavy atom. The van der Waals surface area contributed by atoms with Gasteiger partial charge in [0.15, 0.2) is 0 Å². The molecule has 1 fully saturated rings. The zero-order valence-corrected chi connectivity index (χ0v) is 10.2. The summed E-state index contributed by atoms with van der Waals surface area (Å²) in [4.78, 5) is 18.0. The lowest BCUT2D eigenvalue weighted by Gasteiger charge is -2.17. The largest absolute Gasteiger partial charge is 0.295 e. The van der Waals surface area contributed by atoms with Gasteiger partial charge in [0.25, 0.3) is 0 Å². The first-order chi connectivity index (χ1) is 7.22. The van der Waals surface area contributed by atoms with Crippen LogP contribution in [0.1, 0.15) is 18.9 Å². The van der Waals surface area contributed by atoms with Crippen LogP contribution in [-0.4, -0.2) is 22.3 Å². The predicted octanol–water partition coefficient (Wildman–Crippen LogP) is 2.14. The second kappa shape index (κ2) is 4.31. The van der Waals surface area contributed by atoms with E-state index in [9.17, 15) is 4.79 Å². The number of alkyl halides is 1. The maximum atomic E-state index is 11.7. The van der Waals surface area contributed by atoms with Gasteiger partial charge >= 0.3 is 0 Å². The second-order valence-corrected chi connectivity index (χ2v) is 4.94. The number of aromatic nitrogens is 1. The average molecular weight is 269 g/mol. The molecule has 0 spiro atoms. The lowest BCUT2D eigenvalue weighted by Crippen LogP contribution is -2.26. The molecule has 1 aromatic heterocycles. The Kier molecular flexibility index (Phi) is 3.05. The predicted molar refractivity (Wildman–Crippen MR) is 63.3 cm³/mol. The number of nitrogens with zero attached hydrogens (tertiary/aromatic N) is 2. The first-order valence-corrected chi connectivity index (χ1v) is 6.02. The number of carbonyl (C=O) groups is 1. The summed E-state index contributed by atoms with van der Waals surface area (Å²) in [5.41, 5.74) is 1.13. The molecule has 0 radical (unpaired) electrons. The van der Waals surface area contributed by atoms with Crippen molar-refractivity contribution < 1.29 is 4.79 Å². The number of carbonyl (C=O) groups excluding carboxylic acids is 1. The lowest BCUT2D eigenvalue weighted by atomic mass is 10.2. The van der Waals surface area contributed by atoms with E-state index in [2.05, 4.69) is 27.8 Å². The number of amides is 1. The minimum atomic E-state index is 0.158. The molecule has 1 aromatic rings. The summed E-state index contributed by atoms with van der Waals surface area (Å²) >= 11 is 3.47. The van der Waals surface area contributed by atoms with Gasteiger partial charge in [0, 0.05) is 24.0 Å². The molecule has 0 aromatic carbocycles. The first kappa shape index (κ1) is 10.6. The fourth-order valence-electron chi connectivity index (χ4n) is 1.82. The molecule has 4 heteroatoms. The molecule has 1 unspecified atom stereocenters. The van der Waals surface area contributed by atoms with E-state index >= 15 is 0 Å². The topological polar surface area (TPSA) is 33.2 Å². The van der Waals surface area contributed by atoms with Gasteiger partial charge in [-0.1, -0.05) is 28.9 Å². The third kappa shape index (κ3) is 2.04. The first-order valence-electron chi connectivity index (χ1n) is 5.10. The molecule has 1 atom stereocenters. The summed E-state index contributed by atoms with van der Waals surface area (Å²) in [5.74, 6) is 0.984. The maximum absolute atomic E-state index is 11.7. The molecule has 1 saturated heterocycles. The molecule has 0 saturated carbocycles. The molecule has 0 bridgehead atoms. The number of halogens is 1. The van der Waals surface area contributed by atoms with Crippen LogP contribution in [0.3, 0.4) is 0 Å². The molecule has 80 valence electrons. The van der Waals surface area contributed by atoms with E-state index < -0.39 is 0 Å². The van der Waals surface area contributed by atoms with Crippen LogP contribution in [0.4, 0.5) is 5.82 Å². The van der Waals surface area contributed by atoms with E-state index in [4.69, 9.17) is 0 Å². The number of pyridine rings is 1. The van der Waals surface area contributed by atoms with Crippen molar-refractivity contribution in [2.24, 2.45) is 0 Å². The maximum Gasteiger partial charge on any atom is 0.229 e. The average Bonchev–Trinajstić information content (AvgIpc) is 2.57.